The molecule has 5 heteroatoms. The Labute approximate surface area is 120 Å². The van der Waals surface area contributed by atoms with E-state index in [0.717, 1.165) is 10.9 Å². The molecule has 1 heterocycles. The number of halogens is 3. The van der Waals surface area contributed by atoms with Gasteiger partial charge in [-0.15, -0.1) is 11.3 Å². The van der Waals surface area contributed by atoms with E-state index in [1.807, 2.05) is 12.1 Å². The van der Waals surface area contributed by atoms with Crippen LogP contribution in [0.15, 0.2) is 24.3 Å². The summed E-state index contributed by atoms with van der Waals surface area (Å²) in [6, 6.07) is 6.04. The van der Waals surface area contributed by atoms with Crippen molar-refractivity contribution >= 4 is 22.9 Å². The Morgan fingerprint density at radius 3 is 2.58 bits per heavy atom. The van der Waals surface area contributed by atoms with Gasteiger partial charge in [-0.3, -0.25) is 0 Å². The summed E-state index contributed by atoms with van der Waals surface area (Å²) in [6.45, 7) is 1.63. The van der Waals surface area contributed by atoms with Gasteiger partial charge in [-0.05, 0) is 37.7 Å². The van der Waals surface area contributed by atoms with Crippen molar-refractivity contribution in [2.24, 2.45) is 0 Å². The lowest BCUT2D eigenvalue weighted by Crippen LogP contribution is -2.20. The molecule has 0 amide bonds. The molecule has 1 nitrogen and oxygen atoms in total. The molecule has 2 rings (SSSR count). The summed E-state index contributed by atoms with van der Waals surface area (Å²) >= 11 is 7.35. The quantitative estimate of drug-likeness (QED) is 0.877. The standard InChI is InChI=1S/C14H14ClF2NS/c1-8-5-10(12(17)7-11(8)16)13(18-2)6-9-3-4-14(15)19-9/h3-5,7,13,18H,6H2,1-2H3. The molecular formula is C14H14ClF2NS. The fourth-order valence-electron chi connectivity index (χ4n) is 1.98. The highest BCUT2D eigenvalue weighted by atomic mass is 35.5. The van der Waals surface area contributed by atoms with Gasteiger partial charge in [0, 0.05) is 29.0 Å². The molecule has 0 bridgehead atoms. The summed E-state index contributed by atoms with van der Waals surface area (Å²) in [7, 11) is 1.76. The summed E-state index contributed by atoms with van der Waals surface area (Å²) in [5.41, 5.74) is 0.923. The first-order valence-corrected chi connectivity index (χ1v) is 7.07. The first-order chi connectivity index (χ1) is 9.01. The third kappa shape index (κ3) is 3.32. The molecule has 19 heavy (non-hydrogen) atoms. The average Bonchev–Trinajstić information content (AvgIpc) is 2.77. The van der Waals surface area contributed by atoms with Crippen molar-refractivity contribution in [2.45, 2.75) is 19.4 Å². The van der Waals surface area contributed by atoms with E-state index in [1.54, 1.807) is 20.0 Å². The van der Waals surface area contributed by atoms with Crippen molar-refractivity contribution < 1.29 is 8.78 Å². The van der Waals surface area contributed by atoms with Crippen LogP contribution in [0.1, 0.15) is 22.0 Å². The van der Waals surface area contributed by atoms with Gasteiger partial charge in [-0.2, -0.15) is 0 Å². The fourth-order valence-corrected chi connectivity index (χ4v) is 3.11. The third-order valence-corrected chi connectivity index (χ3v) is 4.29. The summed E-state index contributed by atoms with van der Waals surface area (Å²) in [6.07, 6.45) is 0.621. The molecule has 1 N–H and O–H groups in total. The van der Waals surface area contributed by atoms with E-state index >= 15 is 0 Å². The van der Waals surface area contributed by atoms with Crippen LogP contribution in [0.25, 0.3) is 0 Å². The highest BCUT2D eigenvalue weighted by Gasteiger charge is 2.17. The molecular weight excluding hydrogens is 288 g/mol. The second kappa shape index (κ2) is 5.99. The van der Waals surface area contributed by atoms with Gasteiger partial charge in [0.05, 0.1) is 4.34 Å². The van der Waals surface area contributed by atoms with Gasteiger partial charge in [0.15, 0.2) is 0 Å². The predicted octanol–water partition coefficient (Wildman–Crippen LogP) is 4.49. The van der Waals surface area contributed by atoms with Crippen molar-refractivity contribution in [3.63, 3.8) is 0 Å². The number of hydrogen-bond acceptors (Lipinski definition) is 2. The SMILES string of the molecule is CNC(Cc1ccc(Cl)s1)c1cc(C)c(F)cc1F. The molecule has 0 saturated carbocycles. The first-order valence-electron chi connectivity index (χ1n) is 5.88. The molecule has 2 aromatic rings. The lowest BCUT2D eigenvalue weighted by molar-refractivity contribution is 0.521. The molecule has 1 atom stereocenters. The summed E-state index contributed by atoms with van der Waals surface area (Å²) < 4.78 is 27.9. The fraction of sp³-hybridized carbons (Fsp3) is 0.286. The number of rotatable bonds is 4. The van der Waals surface area contributed by atoms with Gasteiger partial charge in [0.25, 0.3) is 0 Å². The molecule has 0 spiro atoms. The van der Waals surface area contributed by atoms with Crippen LogP contribution in [-0.2, 0) is 6.42 Å². The van der Waals surface area contributed by atoms with Crippen molar-refractivity contribution in [3.05, 3.63) is 56.2 Å². The van der Waals surface area contributed by atoms with Gasteiger partial charge in [0.2, 0.25) is 0 Å². The second-order valence-corrected chi connectivity index (χ2v) is 6.17. The van der Waals surface area contributed by atoms with Crippen LogP contribution in [0.3, 0.4) is 0 Å². The summed E-state index contributed by atoms with van der Waals surface area (Å²) in [4.78, 5) is 1.06. The molecule has 1 aromatic heterocycles. The van der Waals surface area contributed by atoms with Crippen molar-refractivity contribution in [2.75, 3.05) is 7.05 Å². The number of aryl methyl sites for hydroxylation is 1. The van der Waals surface area contributed by atoms with Gasteiger partial charge >= 0.3 is 0 Å². The van der Waals surface area contributed by atoms with Gasteiger partial charge in [-0.25, -0.2) is 8.78 Å². The first kappa shape index (κ1) is 14.4. The van der Waals surface area contributed by atoms with Gasteiger partial charge < -0.3 is 5.32 Å². The molecule has 1 aromatic carbocycles. The summed E-state index contributed by atoms with van der Waals surface area (Å²) in [5.74, 6) is -1.04. The lowest BCUT2D eigenvalue weighted by atomic mass is 10.00. The Balaban J connectivity index is 2.29. The number of thiophene rings is 1. The maximum absolute atomic E-state index is 13.9. The zero-order valence-electron chi connectivity index (χ0n) is 10.6. The van der Waals surface area contributed by atoms with Crippen LogP contribution in [-0.4, -0.2) is 7.05 Å². The van der Waals surface area contributed by atoms with Crippen molar-refractivity contribution in [1.82, 2.24) is 5.32 Å². The number of hydrogen-bond donors (Lipinski definition) is 1. The zero-order chi connectivity index (χ0) is 14.0. The molecule has 0 fully saturated rings. The minimum Gasteiger partial charge on any atom is -0.313 e. The predicted molar refractivity (Wildman–Crippen MR) is 75.9 cm³/mol. The van der Waals surface area contributed by atoms with E-state index < -0.39 is 11.6 Å². The molecule has 0 radical (unpaired) electrons. The number of benzene rings is 1. The topological polar surface area (TPSA) is 12.0 Å². The maximum atomic E-state index is 13.9. The van der Waals surface area contributed by atoms with Crippen LogP contribution < -0.4 is 5.32 Å². The Hall–Kier alpha value is -0.970. The Kier molecular flexibility index (Phi) is 4.55. The highest BCUT2D eigenvalue weighted by molar-refractivity contribution is 7.16. The molecule has 0 aliphatic rings. The molecule has 0 aliphatic heterocycles. The third-order valence-electron chi connectivity index (χ3n) is 3.04. The molecule has 0 saturated heterocycles. The van der Waals surface area contributed by atoms with Crippen LogP contribution in [0, 0.1) is 18.6 Å². The minimum absolute atomic E-state index is 0.200. The molecule has 0 aliphatic carbocycles. The van der Waals surface area contributed by atoms with Crippen LogP contribution >= 0.6 is 22.9 Å². The number of likely N-dealkylation sites (N-methyl/N-ethyl adjacent to an activating group) is 1. The van der Waals surface area contributed by atoms with E-state index in [1.165, 1.54) is 11.3 Å². The van der Waals surface area contributed by atoms with E-state index in [9.17, 15) is 8.78 Å². The zero-order valence-corrected chi connectivity index (χ0v) is 12.2. The largest absolute Gasteiger partial charge is 0.313 e. The average molecular weight is 302 g/mol. The minimum atomic E-state index is -0.523. The highest BCUT2D eigenvalue weighted by Crippen LogP contribution is 2.28. The van der Waals surface area contributed by atoms with E-state index in [0.29, 0.717) is 21.9 Å². The van der Waals surface area contributed by atoms with E-state index in [4.69, 9.17) is 11.6 Å². The van der Waals surface area contributed by atoms with E-state index in [-0.39, 0.29) is 6.04 Å². The molecule has 102 valence electrons. The van der Waals surface area contributed by atoms with Crippen molar-refractivity contribution in [3.8, 4) is 0 Å². The second-order valence-electron chi connectivity index (χ2n) is 4.37. The number of nitrogens with one attached hydrogen (secondary N) is 1. The molecule has 1 unspecified atom stereocenters. The summed E-state index contributed by atoms with van der Waals surface area (Å²) in [5, 5.41) is 3.06. The van der Waals surface area contributed by atoms with Crippen LogP contribution in [0.2, 0.25) is 4.34 Å². The Morgan fingerprint density at radius 1 is 1.26 bits per heavy atom. The Morgan fingerprint density at radius 2 is 2.00 bits per heavy atom. The van der Waals surface area contributed by atoms with E-state index in [2.05, 4.69) is 5.32 Å². The lowest BCUT2D eigenvalue weighted by Gasteiger charge is -2.17. The smallest absolute Gasteiger partial charge is 0.130 e. The normalized spacial score (nSPS) is 12.7. The van der Waals surface area contributed by atoms with Crippen LogP contribution in [0.4, 0.5) is 8.78 Å². The Bertz CT molecular complexity index is 583. The van der Waals surface area contributed by atoms with Crippen molar-refractivity contribution in [1.29, 1.82) is 0 Å². The maximum Gasteiger partial charge on any atom is 0.130 e. The van der Waals surface area contributed by atoms with Crippen LogP contribution in [0.5, 0.6) is 0 Å². The van der Waals surface area contributed by atoms with Gasteiger partial charge in [0.1, 0.15) is 11.6 Å². The monoisotopic (exact) mass is 301 g/mol. The van der Waals surface area contributed by atoms with Gasteiger partial charge in [-0.1, -0.05) is 11.6 Å².